The molecule has 3 rings (SSSR count). The molecule has 1 unspecified atom stereocenters. The summed E-state index contributed by atoms with van der Waals surface area (Å²) in [7, 11) is 0. The van der Waals surface area contributed by atoms with Gasteiger partial charge in [0.05, 0.1) is 5.69 Å². The highest BCUT2D eigenvalue weighted by Gasteiger charge is 2.54. The fourth-order valence-electron chi connectivity index (χ4n) is 3.01. The Labute approximate surface area is 173 Å². The van der Waals surface area contributed by atoms with Gasteiger partial charge in [0.1, 0.15) is 0 Å². The zero-order valence-electron chi connectivity index (χ0n) is 16.8. The maximum atomic E-state index is 13.1. The van der Waals surface area contributed by atoms with Gasteiger partial charge in [-0.1, -0.05) is 57.2 Å². The Kier molecular flexibility index (Phi) is 5.51. The molecule has 0 spiro atoms. The summed E-state index contributed by atoms with van der Waals surface area (Å²) in [6.45, 7) is 4.71. The number of anilines is 2. The number of carbonyl (C=O) groups excluding carboxylic acids is 5. The van der Waals surface area contributed by atoms with Crippen LogP contribution < -0.4 is 10.2 Å². The molecule has 2 aromatic rings. The zero-order valence-corrected chi connectivity index (χ0v) is 16.8. The maximum absolute atomic E-state index is 13.1. The molecule has 1 heterocycles. The second-order valence-electron chi connectivity index (χ2n) is 7.81. The summed E-state index contributed by atoms with van der Waals surface area (Å²) in [5.41, 5.74) is -0.490. The minimum Gasteiger partial charge on any atom is -0.324 e. The van der Waals surface area contributed by atoms with Gasteiger partial charge in [-0.2, -0.15) is 0 Å². The molecule has 1 atom stereocenters. The molecule has 0 saturated carbocycles. The van der Waals surface area contributed by atoms with Crippen LogP contribution in [0.1, 0.15) is 20.8 Å². The molecule has 5 amide bonds. The fourth-order valence-corrected chi connectivity index (χ4v) is 3.01. The molecule has 1 aliphatic heterocycles. The Morgan fingerprint density at radius 1 is 0.833 bits per heavy atom. The molecule has 154 valence electrons. The number of hydrogen-bond acceptors (Lipinski definition) is 5. The van der Waals surface area contributed by atoms with E-state index in [1.165, 1.54) is 12.1 Å². The van der Waals surface area contributed by atoms with Crippen molar-refractivity contribution >= 4 is 40.9 Å². The van der Waals surface area contributed by atoms with Gasteiger partial charge in [0, 0.05) is 11.1 Å². The number of para-hydroxylation sites is 2. The highest BCUT2D eigenvalue weighted by atomic mass is 16.2. The molecule has 8 nitrogen and oxygen atoms in total. The smallest absolute Gasteiger partial charge is 0.324 e. The average molecular weight is 407 g/mol. The van der Waals surface area contributed by atoms with Gasteiger partial charge in [0.2, 0.25) is 0 Å². The monoisotopic (exact) mass is 407 g/mol. The van der Waals surface area contributed by atoms with E-state index in [0.717, 1.165) is 0 Å². The summed E-state index contributed by atoms with van der Waals surface area (Å²) >= 11 is 0. The van der Waals surface area contributed by atoms with E-state index in [1.54, 1.807) is 69.3 Å². The van der Waals surface area contributed by atoms with Crippen molar-refractivity contribution in [3.63, 3.8) is 0 Å². The quantitative estimate of drug-likeness (QED) is 0.466. The highest BCUT2D eigenvalue weighted by molar-refractivity contribution is 6.53. The first kappa shape index (κ1) is 20.9. The van der Waals surface area contributed by atoms with Crippen LogP contribution in [-0.2, 0) is 19.2 Å². The lowest BCUT2D eigenvalue weighted by atomic mass is 9.85. The van der Waals surface area contributed by atoms with Crippen LogP contribution in [0.3, 0.4) is 0 Å². The lowest BCUT2D eigenvalue weighted by molar-refractivity contribution is -0.146. The van der Waals surface area contributed by atoms with Crippen molar-refractivity contribution in [2.24, 2.45) is 5.41 Å². The third-order valence-corrected chi connectivity index (χ3v) is 4.55. The van der Waals surface area contributed by atoms with Crippen LogP contribution in [-0.4, -0.2) is 40.5 Å². The first-order valence-electron chi connectivity index (χ1n) is 9.30. The number of benzene rings is 2. The number of urea groups is 1. The van der Waals surface area contributed by atoms with E-state index in [4.69, 9.17) is 0 Å². The van der Waals surface area contributed by atoms with Crippen LogP contribution in [0.15, 0.2) is 60.7 Å². The van der Waals surface area contributed by atoms with E-state index in [0.29, 0.717) is 15.5 Å². The van der Waals surface area contributed by atoms with Gasteiger partial charge in [0.25, 0.3) is 5.91 Å². The zero-order chi connectivity index (χ0) is 22.1. The Bertz CT molecular complexity index is 1010. The molecular formula is C22H21N3O5. The molecule has 0 aliphatic carbocycles. The third kappa shape index (κ3) is 3.84. The van der Waals surface area contributed by atoms with Crippen molar-refractivity contribution in [1.29, 1.82) is 0 Å². The van der Waals surface area contributed by atoms with Crippen molar-refractivity contribution in [2.75, 3.05) is 10.2 Å². The molecule has 2 aromatic carbocycles. The summed E-state index contributed by atoms with van der Waals surface area (Å²) in [6, 6.07) is 13.3. The van der Waals surface area contributed by atoms with Crippen LogP contribution in [0.2, 0.25) is 0 Å². The number of amides is 5. The summed E-state index contributed by atoms with van der Waals surface area (Å²) in [4.78, 5) is 65.5. The fraction of sp³-hybridized carbons (Fsp3) is 0.227. The minimum atomic E-state index is -1.79. The Balaban J connectivity index is 2.01. The number of nitrogens with zero attached hydrogens (tertiary/aromatic N) is 2. The summed E-state index contributed by atoms with van der Waals surface area (Å²) in [5, 5.41) is 2.55. The Morgan fingerprint density at radius 3 is 1.90 bits per heavy atom. The van der Waals surface area contributed by atoms with Crippen molar-refractivity contribution in [3.05, 3.63) is 60.7 Å². The molecule has 0 bridgehead atoms. The minimum absolute atomic E-state index is 0.175. The van der Waals surface area contributed by atoms with Gasteiger partial charge >= 0.3 is 17.8 Å². The van der Waals surface area contributed by atoms with Gasteiger partial charge in [-0.25, -0.2) is 14.6 Å². The van der Waals surface area contributed by atoms with E-state index in [2.05, 4.69) is 5.32 Å². The standard InChI is InChI=1S/C22H21N3O5/c1-22(2,3)17(26)16(18(27)23-14-10-6-4-7-11-14)25-20(29)19(28)24(21(25)30)15-12-8-5-9-13-15/h4-13,16H,1-3H3,(H,23,27). The molecule has 1 saturated heterocycles. The number of carbonyl (C=O) groups is 5. The van der Waals surface area contributed by atoms with E-state index < -0.39 is 41.0 Å². The Morgan fingerprint density at radius 2 is 1.37 bits per heavy atom. The molecule has 8 heteroatoms. The maximum Gasteiger partial charge on any atom is 0.340 e. The van der Waals surface area contributed by atoms with Crippen molar-refractivity contribution in [1.82, 2.24) is 4.90 Å². The summed E-state index contributed by atoms with van der Waals surface area (Å²) < 4.78 is 0. The lowest BCUT2D eigenvalue weighted by Crippen LogP contribution is -2.55. The molecule has 0 radical (unpaired) electrons. The second-order valence-corrected chi connectivity index (χ2v) is 7.81. The normalized spacial score (nSPS) is 15.4. The van der Waals surface area contributed by atoms with Crippen molar-refractivity contribution in [3.8, 4) is 0 Å². The predicted molar refractivity (Wildman–Crippen MR) is 109 cm³/mol. The van der Waals surface area contributed by atoms with Gasteiger partial charge in [0.15, 0.2) is 11.8 Å². The number of Topliss-reactive ketones (excluding diaryl/α,β-unsaturated/α-hetero) is 1. The number of rotatable bonds is 5. The third-order valence-electron chi connectivity index (χ3n) is 4.55. The van der Waals surface area contributed by atoms with Gasteiger partial charge in [-0.3, -0.25) is 19.2 Å². The number of imide groups is 2. The SMILES string of the molecule is CC(C)(C)C(=O)C(C(=O)Nc1ccccc1)N1C(=O)C(=O)N(c2ccccc2)C1=O. The van der Waals surface area contributed by atoms with Crippen LogP contribution in [0, 0.1) is 5.41 Å². The van der Waals surface area contributed by atoms with E-state index in [1.807, 2.05) is 0 Å². The van der Waals surface area contributed by atoms with E-state index in [9.17, 15) is 24.0 Å². The Hall–Kier alpha value is -3.81. The average Bonchev–Trinajstić information content (AvgIpc) is 2.92. The van der Waals surface area contributed by atoms with E-state index >= 15 is 0 Å². The van der Waals surface area contributed by atoms with Crippen LogP contribution in [0.25, 0.3) is 0 Å². The molecule has 1 N–H and O–H groups in total. The molecule has 30 heavy (non-hydrogen) atoms. The van der Waals surface area contributed by atoms with Crippen LogP contribution in [0.4, 0.5) is 16.2 Å². The van der Waals surface area contributed by atoms with E-state index in [-0.39, 0.29) is 5.69 Å². The van der Waals surface area contributed by atoms with Crippen molar-refractivity contribution < 1.29 is 24.0 Å². The predicted octanol–water partition coefficient (Wildman–Crippen LogP) is 2.60. The van der Waals surface area contributed by atoms with Gasteiger partial charge in [-0.15, -0.1) is 0 Å². The molecule has 1 fully saturated rings. The topological polar surface area (TPSA) is 104 Å². The van der Waals surface area contributed by atoms with Crippen LogP contribution >= 0.6 is 0 Å². The largest absolute Gasteiger partial charge is 0.340 e. The second kappa shape index (κ2) is 7.90. The number of ketones is 1. The van der Waals surface area contributed by atoms with Gasteiger partial charge < -0.3 is 5.32 Å². The van der Waals surface area contributed by atoms with Crippen molar-refractivity contribution in [2.45, 2.75) is 26.8 Å². The number of nitrogens with one attached hydrogen (secondary N) is 1. The molecule has 0 aromatic heterocycles. The van der Waals surface area contributed by atoms with Crippen LogP contribution in [0.5, 0.6) is 0 Å². The first-order chi connectivity index (χ1) is 14.1. The molecule has 1 aliphatic rings. The summed E-state index contributed by atoms with van der Waals surface area (Å²) in [6.07, 6.45) is 0. The lowest BCUT2D eigenvalue weighted by Gasteiger charge is -2.29. The highest BCUT2D eigenvalue weighted by Crippen LogP contribution is 2.28. The van der Waals surface area contributed by atoms with Gasteiger partial charge in [-0.05, 0) is 24.3 Å². The number of hydrogen-bond donors (Lipinski definition) is 1. The first-order valence-corrected chi connectivity index (χ1v) is 9.30. The summed E-state index contributed by atoms with van der Waals surface area (Å²) in [5.74, 6) is -3.88. The molecular weight excluding hydrogens is 386 g/mol.